The number of hydrogen-bond donors (Lipinski definition) is 0. The zero-order valence-corrected chi connectivity index (χ0v) is 12.9. The van der Waals surface area contributed by atoms with Crippen LogP contribution in [0.3, 0.4) is 0 Å². The number of rotatable bonds is 5. The van der Waals surface area contributed by atoms with E-state index in [9.17, 15) is 0 Å². The Morgan fingerprint density at radius 2 is 1.80 bits per heavy atom. The molecule has 1 nitrogen and oxygen atoms in total. The summed E-state index contributed by atoms with van der Waals surface area (Å²) < 4.78 is 7.35. The van der Waals surface area contributed by atoms with E-state index in [1.54, 1.807) is 0 Å². The van der Waals surface area contributed by atoms with Crippen molar-refractivity contribution in [2.75, 3.05) is 0 Å². The molecule has 3 heteroatoms. The SMILES string of the molecule is CCCC[Si](C)(C)Oc1ccc(I)cc1. The Hall–Kier alpha value is -0.0331. The van der Waals surface area contributed by atoms with Crippen molar-refractivity contribution in [2.45, 2.75) is 38.9 Å². The Morgan fingerprint density at radius 1 is 1.20 bits per heavy atom. The standard InChI is InChI=1S/C12H19IOSi/c1-4-5-10-15(2,3)14-12-8-6-11(13)7-9-12/h6-9H,4-5,10H2,1-3H3. The highest BCUT2D eigenvalue weighted by atomic mass is 127. The Balaban J connectivity index is 2.56. The van der Waals surface area contributed by atoms with Crippen molar-refractivity contribution in [3.63, 3.8) is 0 Å². The van der Waals surface area contributed by atoms with Gasteiger partial charge in [-0.1, -0.05) is 19.8 Å². The van der Waals surface area contributed by atoms with Gasteiger partial charge in [0.05, 0.1) is 0 Å². The molecule has 0 amide bonds. The van der Waals surface area contributed by atoms with Crippen molar-refractivity contribution in [3.05, 3.63) is 27.8 Å². The summed E-state index contributed by atoms with van der Waals surface area (Å²) in [6.45, 7) is 6.82. The monoisotopic (exact) mass is 334 g/mol. The predicted molar refractivity (Wildman–Crippen MR) is 77.0 cm³/mol. The Bertz CT molecular complexity index is 295. The minimum absolute atomic E-state index is 1.03. The maximum atomic E-state index is 6.09. The molecule has 0 unspecified atom stereocenters. The van der Waals surface area contributed by atoms with Gasteiger partial charge in [0, 0.05) is 3.57 Å². The lowest BCUT2D eigenvalue weighted by atomic mass is 10.3. The van der Waals surface area contributed by atoms with Gasteiger partial charge in [-0.05, 0) is 66.0 Å². The number of unbranched alkanes of at least 4 members (excludes halogenated alkanes) is 1. The summed E-state index contributed by atoms with van der Waals surface area (Å²) in [6, 6.07) is 9.58. The highest BCUT2D eigenvalue weighted by Crippen LogP contribution is 2.21. The third kappa shape index (κ3) is 5.02. The third-order valence-electron chi connectivity index (χ3n) is 2.34. The van der Waals surface area contributed by atoms with Crippen LogP contribution in [-0.2, 0) is 0 Å². The van der Waals surface area contributed by atoms with Gasteiger partial charge >= 0.3 is 0 Å². The van der Waals surface area contributed by atoms with E-state index in [1.807, 2.05) is 0 Å². The van der Waals surface area contributed by atoms with Crippen LogP contribution in [0.2, 0.25) is 19.1 Å². The molecule has 1 aromatic carbocycles. The number of halogens is 1. The van der Waals surface area contributed by atoms with Crippen LogP contribution in [0.15, 0.2) is 24.3 Å². The van der Waals surface area contributed by atoms with E-state index in [2.05, 4.69) is 66.9 Å². The number of hydrogen-bond acceptors (Lipinski definition) is 1. The normalized spacial score (nSPS) is 11.5. The summed E-state index contributed by atoms with van der Waals surface area (Å²) >= 11 is 2.31. The van der Waals surface area contributed by atoms with E-state index in [-0.39, 0.29) is 0 Å². The van der Waals surface area contributed by atoms with Crippen LogP contribution in [-0.4, -0.2) is 8.32 Å². The summed E-state index contributed by atoms with van der Waals surface area (Å²) in [5.74, 6) is 1.03. The summed E-state index contributed by atoms with van der Waals surface area (Å²) in [7, 11) is -1.48. The van der Waals surface area contributed by atoms with Crippen molar-refractivity contribution >= 4 is 30.9 Å². The van der Waals surface area contributed by atoms with E-state index in [0.29, 0.717) is 0 Å². The first-order chi connectivity index (χ1) is 7.03. The lowest BCUT2D eigenvalue weighted by Gasteiger charge is -2.24. The van der Waals surface area contributed by atoms with Crippen LogP contribution in [0.4, 0.5) is 0 Å². The quantitative estimate of drug-likeness (QED) is 0.561. The molecule has 0 aromatic heterocycles. The fourth-order valence-corrected chi connectivity index (χ4v) is 3.92. The molecule has 0 aliphatic carbocycles. The van der Waals surface area contributed by atoms with Gasteiger partial charge in [0.1, 0.15) is 5.75 Å². The lowest BCUT2D eigenvalue weighted by Crippen LogP contribution is -2.33. The second-order valence-corrected chi connectivity index (χ2v) is 9.89. The van der Waals surface area contributed by atoms with E-state index in [4.69, 9.17) is 4.43 Å². The molecular weight excluding hydrogens is 315 g/mol. The van der Waals surface area contributed by atoms with E-state index >= 15 is 0 Å². The van der Waals surface area contributed by atoms with Gasteiger partial charge in [-0.15, -0.1) is 0 Å². The van der Waals surface area contributed by atoms with Crippen LogP contribution in [0.5, 0.6) is 5.75 Å². The summed E-state index contributed by atoms with van der Waals surface area (Å²) in [5.41, 5.74) is 0. The molecule has 0 saturated heterocycles. The average molecular weight is 334 g/mol. The van der Waals surface area contributed by atoms with Crippen LogP contribution in [0.25, 0.3) is 0 Å². The largest absolute Gasteiger partial charge is 0.544 e. The first kappa shape index (κ1) is 13.0. The highest BCUT2D eigenvalue weighted by Gasteiger charge is 2.23. The summed E-state index contributed by atoms with van der Waals surface area (Å²) in [4.78, 5) is 0. The Morgan fingerprint density at radius 3 is 2.33 bits per heavy atom. The molecule has 84 valence electrons. The average Bonchev–Trinajstić information content (AvgIpc) is 2.18. The zero-order valence-electron chi connectivity index (χ0n) is 9.72. The van der Waals surface area contributed by atoms with Crippen molar-refractivity contribution in [1.82, 2.24) is 0 Å². The summed E-state index contributed by atoms with van der Waals surface area (Å²) in [5, 5.41) is 0. The fraction of sp³-hybridized carbons (Fsp3) is 0.500. The first-order valence-electron chi connectivity index (χ1n) is 5.48. The van der Waals surface area contributed by atoms with Crippen molar-refractivity contribution in [1.29, 1.82) is 0 Å². The van der Waals surface area contributed by atoms with Crippen LogP contribution in [0.1, 0.15) is 19.8 Å². The summed E-state index contributed by atoms with van der Waals surface area (Å²) in [6.07, 6.45) is 2.54. The topological polar surface area (TPSA) is 9.23 Å². The molecular formula is C12H19IOSi. The van der Waals surface area contributed by atoms with Crippen LogP contribution in [0, 0.1) is 3.57 Å². The van der Waals surface area contributed by atoms with E-state index < -0.39 is 8.32 Å². The minimum atomic E-state index is -1.48. The Labute approximate surface area is 108 Å². The fourth-order valence-electron chi connectivity index (χ4n) is 1.48. The number of benzene rings is 1. The molecule has 0 aliphatic heterocycles. The molecule has 0 N–H and O–H groups in total. The molecule has 0 aliphatic rings. The van der Waals surface area contributed by atoms with Gasteiger partial charge in [0.25, 0.3) is 0 Å². The van der Waals surface area contributed by atoms with Crippen LogP contribution < -0.4 is 4.43 Å². The maximum Gasteiger partial charge on any atom is 0.245 e. The smallest absolute Gasteiger partial charge is 0.245 e. The minimum Gasteiger partial charge on any atom is -0.544 e. The third-order valence-corrected chi connectivity index (χ3v) is 5.41. The molecule has 0 heterocycles. The van der Waals surface area contributed by atoms with Gasteiger partial charge < -0.3 is 4.43 Å². The molecule has 15 heavy (non-hydrogen) atoms. The van der Waals surface area contributed by atoms with Crippen LogP contribution >= 0.6 is 22.6 Å². The molecule has 0 radical (unpaired) electrons. The molecule has 0 saturated carbocycles. The molecule has 1 rings (SSSR count). The molecule has 0 atom stereocenters. The van der Waals surface area contributed by atoms with Gasteiger partial charge in [-0.2, -0.15) is 0 Å². The van der Waals surface area contributed by atoms with Gasteiger partial charge in [-0.3, -0.25) is 0 Å². The lowest BCUT2D eigenvalue weighted by molar-refractivity contribution is 0.542. The molecule has 0 bridgehead atoms. The van der Waals surface area contributed by atoms with Gasteiger partial charge in [-0.25, -0.2) is 0 Å². The molecule has 1 aromatic rings. The van der Waals surface area contributed by atoms with Crippen molar-refractivity contribution in [2.24, 2.45) is 0 Å². The van der Waals surface area contributed by atoms with E-state index in [1.165, 1.54) is 22.5 Å². The van der Waals surface area contributed by atoms with Crippen molar-refractivity contribution in [3.8, 4) is 5.75 Å². The van der Waals surface area contributed by atoms with E-state index in [0.717, 1.165) is 5.75 Å². The Kier molecular flexibility index (Phi) is 5.12. The highest BCUT2D eigenvalue weighted by molar-refractivity contribution is 14.1. The van der Waals surface area contributed by atoms with Crippen molar-refractivity contribution < 1.29 is 4.43 Å². The second-order valence-electron chi connectivity index (χ2n) is 4.42. The maximum absolute atomic E-state index is 6.09. The molecule has 0 spiro atoms. The molecule has 0 fully saturated rings. The first-order valence-corrected chi connectivity index (χ1v) is 9.67. The van der Waals surface area contributed by atoms with Gasteiger partial charge in [0.15, 0.2) is 0 Å². The second kappa shape index (κ2) is 5.89. The zero-order chi connectivity index (χ0) is 11.3. The predicted octanol–water partition coefficient (Wildman–Crippen LogP) is 4.68. The van der Waals surface area contributed by atoms with Gasteiger partial charge in [0.2, 0.25) is 8.32 Å².